The summed E-state index contributed by atoms with van der Waals surface area (Å²) >= 11 is 1.64. The van der Waals surface area contributed by atoms with Crippen molar-refractivity contribution in [2.45, 2.75) is 0 Å². The molecule has 20 heavy (non-hydrogen) atoms. The molecular weight excluding hydrogens is 268 g/mol. The Balaban J connectivity index is 1.88. The predicted molar refractivity (Wildman–Crippen MR) is 80.4 cm³/mol. The molecular formula is C15H10N4S. The smallest absolute Gasteiger partial charge is 0.182 e. The molecule has 96 valence electrons. The normalized spacial score (nSPS) is 11.0. The number of para-hydroxylation sites is 1. The van der Waals surface area contributed by atoms with E-state index < -0.39 is 0 Å². The first-order valence-corrected chi connectivity index (χ1v) is 7.10. The molecule has 5 heteroatoms. The van der Waals surface area contributed by atoms with Gasteiger partial charge in [0.25, 0.3) is 0 Å². The second-order valence-electron chi connectivity index (χ2n) is 4.36. The molecule has 1 aromatic carbocycles. The lowest BCUT2D eigenvalue weighted by molar-refractivity contribution is 1.10. The first kappa shape index (κ1) is 11.3. The lowest BCUT2D eigenvalue weighted by atomic mass is 10.1. The molecule has 0 saturated heterocycles. The van der Waals surface area contributed by atoms with Crippen LogP contribution in [0.1, 0.15) is 0 Å². The Morgan fingerprint density at radius 2 is 1.95 bits per heavy atom. The molecule has 0 aliphatic heterocycles. The van der Waals surface area contributed by atoms with Gasteiger partial charge < -0.3 is 0 Å². The minimum absolute atomic E-state index is 0.701. The molecule has 3 heterocycles. The van der Waals surface area contributed by atoms with Gasteiger partial charge in [-0.2, -0.15) is 5.10 Å². The number of pyridine rings is 1. The number of rotatable bonds is 2. The van der Waals surface area contributed by atoms with E-state index in [9.17, 15) is 0 Å². The van der Waals surface area contributed by atoms with Crippen LogP contribution in [0.5, 0.6) is 0 Å². The molecule has 0 fully saturated rings. The van der Waals surface area contributed by atoms with Crippen LogP contribution >= 0.6 is 11.3 Å². The fourth-order valence-electron chi connectivity index (χ4n) is 2.20. The molecule has 4 nitrogen and oxygen atoms in total. The SMILES string of the molecule is c1csc(-c2nc(-c3ccnc4ccccc34)n[nH]2)c1. The molecule has 0 amide bonds. The van der Waals surface area contributed by atoms with E-state index in [1.807, 2.05) is 47.8 Å². The summed E-state index contributed by atoms with van der Waals surface area (Å²) in [6.45, 7) is 0. The zero-order chi connectivity index (χ0) is 13.4. The van der Waals surface area contributed by atoms with Gasteiger partial charge in [-0.1, -0.05) is 24.3 Å². The van der Waals surface area contributed by atoms with Gasteiger partial charge in [0.2, 0.25) is 0 Å². The third-order valence-corrected chi connectivity index (χ3v) is 4.01. The summed E-state index contributed by atoms with van der Waals surface area (Å²) in [5.74, 6) is 1.50. The maximum atomic E-state index is 4.59. The van der Waals surface area contributed by atoms with Gasteiger partial charge in [-0.25, -0.2) is 4.98 Å². The lowest BCUT2D eigenvalue weighted by Crippen LogP contribution is -1.85. The molecule has 0 aliphatic carbocycles. The van der Waals surface area contributed by atoms with Gasteiger partial charge in [0.15, 0.2) is 11.6 Å². The Labute approximate surface area is 119 Å². The number of H-pyrrole nitrogens is 1. The second kappa shape index (κ2) is 4.54. The van der Waals surface area contributed by atoms with Crippen LogP contribution in [0, 0.1) is 0 Å². The summed E-state index contributed by atoms with van der Waals surface area (Å²) in [7, 11) is 0. The highest BCUT2D eigenvalue weighted by Gasteiger charge is 2.11. The van der Waals surface area contributed by atoms with E-state index in [0.717, 1.165) is 27.2 Å². The summed E-state index contributed by atoms with van der Waals surface area (Å²) < 4.78 is 0. The number of aromatic nitrogens is 4. The minimum Gasteiger partial charge on any atom is -0.258 e. The molecule has 4 aromatic rings. The molecule has 0 spiro atoms. The van der Waals surface area contributed by atoms with Crippen molar-refractivity contribution in [1.82, 2.24) is 20.2 Å². The Morgan fingerprint density at radius 1 is 1.00 bits per heavy atom. The average molecular weight is 278 g/mol. The maximum absolute atomic E-state index is 4.59. The Bertz CT molecular complexity index is 859. The van der Waals surface area contributed by atoms with Gasteiger partial charge in [-0.15, -0.1) is 11.3 Å². The fourth-order valence-corrected chi connectivity index (χ4v) is 2.86. The highest BCUT2D eigenvalue weighted by Crippen LogP contribution is 2.27. The van der Waals surface area contributed by atoms with Gasteiger partial charge in [0.1, 0.15) is 0 Å². The van der Waals surface area contributed by atoms with E-state index >= 15 is 0 Å². The number of benzene rings is 1. The maximum Gasteiger partial charge on any atom is 0.182 e. The summed E-state index contributed by atoms with van der Waals surface area (Å²) in [5, 5.41) is 10.4. The minimum atomic E-state index is 0.701. The van der Waals surface area contributed by atoms with Crippen LogP contribution in [-0.2, 0) is 0 Å². The van der Waals surface area contributed by atoms with Crippen LogP contribution in [0.3, 0.4) is 0 Å². The fraction of sp³-hybridized carbons (Fsp3) is 0. The first-order valence-electron chi connectivity index (χ1n) is 6.22. The van der Waals surface area contributed by atoms with Crippen LogP contribution < -0.4 is 0 Å². The molecule has 1 N–H and O–H groups in total. The topological polar surface area (TPSA) is 54.5 Å². The van der Waals surface area contributed by atoms with Crippen molar-refractivity contribution in [3.05, 3.63) is 54.0 Å². The standard InChI is InChI=1S/C15H10N4S/c1-2-5-12-10(4-1)11(7-8-16-12)14-17-15(19-18-14)13-6-3-9-20-13/h1-9H,(H,17,18,19). The third-order valence-electron chi connectivity index (χ3n) is 3.13. The molecule has 0 radical (unpaired) electrons. The van der Waals surface area contributed by atoms with Crippen molar-refractivity contribution in [3.63, 3.8) is 0 Å². The molecule has 4 rings (SSSR count). The Kier molecular flexibility index (Phi) is 2.57. The molecule has 0 unspecified atom stereocenters. The summed E-state index contributed by atoms with van der Waals surface area (Å²) in [5.41, 5.74) is 1.95. The zero-order valence-corrected chi connectivity index (χ0v) is 11.3. The van der Waals surface area contributed by atoms with Crippen molar-refractivity contribution in [1.29, 1.82) is 0 Å². The van der Waals surface area contributed by atoms with Crippen molar-refractivity contribution in [2.24, 2.45) is 0 Å². The van der Waals surface area contributed by atoms with Crippen LogP contribution in [0.2, 0.25) is 0 Å². The van der Waals surface area contributed by atoms with Crippen molar-refractivity contribution in [3.8, 4) is 22.1 Å². The van der Waals surface area contributed by atoms with E-state index in [1.165, 1.54) is 0 Å². The molecule has 0 aliphatic rings. The molecule has 0 saturated carbocycles. The number of thiophene rings is 1. The Hall–Kier alpha value is -2.53. The number of aromatic amines is 1. The lowest BCUT2D eigenvalue weighted by Gasteiger charge is -2.01. The second-order valence-corrected chi connectivity index (χ2v) is 5.31. The van der Waals surface area contributed by atoms with Gasteiger partial charge in [-0.3, -0.25) is 10.1 Å². The zero-order valence-electron chi connectivity index (χ0n) is 10.4. The monoisotopic (exact) mass is 278 g/mol. The van der Waals surface area contributed by atoms with Crippen LogP contribution in [0.25, 0.3) is 33.0 Å². The third kappa shape index (κ3) is 1.80. The summed E-state index contributed by atoms with van der Waals surface area (Å²) in [4.78, 5) is 10.0. The number of nitrogens with zero attached hydrogens (tertiary/aromatic N) is 3. The van der Waals surface area contributed by atoms with Gasteiger partial charge in [0, 0.05) is 17.1 Å². The molecule has 0 atom stereocenters. The van der Waals surface area contributed by atoms with E-state index in [2.05, 4.69) is 20.2 Å². The molecule has 0 bridgehead atoms. The highest BCUT2D eigenvalue weighted by atomic mass is 32.1. The number of nitrogens with one attached hydrogen (secondary N) is 1. The molecule has 3 aromatic heterocycles. The number of hydrogen-bond donors (Lipinski definition) is 1. The van der Waals surface area contributed by atoms with E-state index in [0.29, 0.717) is 5.82 Å². The van der Waals surface area contributed by atoms with Crippen LogP contribution in [0.15, 0.2) is 54.0 Å². The number of fused-ring (bicyclic) bond motifs is 1. The van der Waals surface area contributed by atoms with E-state index in [4.69, 9.17) is 0 Å². The van der Waals surface area contributed by atoms with E-state index in [1.54, 1.807) is 17.5 Å². The Morgan fingerprint density at radius 3 is 2.85 bits per heavy atom. The van der Waals surface area contributed by atoms with Gasteiger partial charge in [0.05, 0.1) is 10.4 Å². The first-order chi connectivity index (χ1) is 9.92. The van der Waals surface area contributed by atoms with Crippen LogP contribution in [0.4, 0.5) is 0 Å². The van der Waals surface area contributed by atoms with Crippen molar-refractivity contribution in [2.75, 3.05) is 0 Å². The van der Waals surface area contributed by atoms with E-state index in [-0.39, 0.29) is 0 Å². The largest absolute Gasteiger partial charge is 0.258 e. The quantitative estimate of drug-likeness (QED) is 0.607. The average Bonchev–Trinajstić information content (AvgIpc) is 3.17. The predicted octanol–water partition coefficient (Wildman–Crippen LogP) is 3.75. The summed E-state index contributed by atoms with van der Waals surface area (Å²) in [6.07, 6.45) is 1.79. The van der Waals surface area contributed by atoms with Gasteiger partial charge in [-0.05, 0) is 23.6 Å². The summed E-state index contributed by atoms with van der Waals surface area (Å²) in [6, 6.07) is 14.0. The van der Waals surface area contributed by atoms with Gasteiger partial charge >= 0.3 is 0 Å². The van der Waals surface area contributed by atoms with Crippen LogP contribution in [-0.4, -0.2) is 20.2 Å². The van der Waals surface area contributed by atoms with Crippen molar-refractivity contribution >= 4 is 22.2 Å². The van der Waals surface area contributed by atoms with Crippen molar-refractivity contribution < 1.29 is 0 Å². The highest BCUT2D eigenvalue weighted by molar-refractivity contribution is 7.13. The number of hydrogen-bond acceptors (Lipinski definition) is 4.